The molecule has 0 aromatic heterocycles. The number of halogens is 4. The third-order valence-electron chi connectivity index (χ3n) is 3.57. The number of benzene rings is 1. The number of carbonyl (C=O) groups is 1. The normalized spacial score (nSPS) is 17.7. The maximum Gasteiger partial charge on any atom is 0.416 e. The predicted octanol–water partition coefficient (Wildman–Crippen LogP) is 3.00. The number of carbonyl (C=O) groups excluding carboxylic acids is 1. The highest BCUT2D eigenvalue weighted by atomic mass is 35.5. The molecular formula is C14H18ClF3N2O. The zero-order chi connectivity index (χ0) is 14.8. The van der Waals surface area contributed by atoms with Gasteiger partial charge < -0.3 is 10.6 Å². The summed E-state index contributed by atoms with van der Waals surface area (Å²) in [6.45, 7) is 3.50. The van der Waals surface area contributed by atoms with Crippen molar-refractivity contribution in [2.75, 3.05) is 13.1 Å². The SMILES string of the molecule is CC1(NC(=O)c2cccc(C(F)(F)F)c2)CCNCC1.Cl. The third kappa shape index (κ3) is 4.61. The van der Waals surface area contributed by atoms with Crippen LogP contribution in [0.25, 0.3) is 0 Å². The Labute approximate surface area is 127 Å². The van der Waals surface area contributed by atoms with Gasteiger partial charge in [0.1, 0.15) is 0 Å². The molecule has 0 atom stereocenters. The highest BCUT2D eigenvalue weighted by molar-refractivity contribution is 5.94. The van der Waals surface area contributed by atoms with Crippen LogP contribution >= 0.6 is 12.4 Å². The molecule has 1 aliphatic heterocycles. The van der Waals surface area contributed by atoms with E-state index in [0.29, 0.717) is 0 Å². The van der Waals surface area contributed by atoms with Gasteiger partial charge in [-0.2, -0.15) is 13.2 Å². The molecule has 1 fully saturated rings. The molecule has 0 unspecified atom stereocenters. The van der Waals surface area contributed by atoms with E-state index in [1.807, 2.05) is 6.92 Å². The van der Waals surface area contributed by atoms with E-state index < -0.39 is 17.6 Å². The number of hydrogen-bond donors (Lipinski definition) is 2. The third-order valence-corrected chi connectivity index (χ3v) is 3.57. The average molecular weight is 323 g/mol. The van der Waals surface area contributed by atoms with Crippen LogP contribution < -0.4 is 10.6 Å². The molecule has 2 rings (SSSR count). The molecule has 1 aliphatic rings. The van der Waals surface area contributed by atoms with Crippen molar-refractivity contribution in [3.63, 3.8) is 0 Å². The number of piperidine rings is 1. The summed E-state index contributed by atoms with van der Waals surface area (Å²) in [5, 5.41) is 6.03. The lowest BCUT2D eigenvalue weighted by Gasteiger charge is -2.35. The van der Waals surface area contributed by atoms with Crippen LogP contribution in [0, 0.1) is 0 Å². The highest BCUT2D eigenvalue weighted by Gasteiger charge is 2.32. The first-order chi connectivity index (χ1) is 9.30. The van der Waals surface area contributed by atoms with Crippen molar-refractivity contribution in [2.24, 2.45) is 0 Å². The van der Waals surface area contributed by atoms with Gasteiger partial charge in [-0.3, -0.25) is 4.79 Å². The van der Waals surface area contributed by atoms with Crippen molar-refractivity contribution in [1.82, 2.24) is 10.6 Å². The second-order valence-electron chi connectivity index (χ2n) is 5.34. The van der Waals surface area contributed by atoms with Crippen LogP contribution in [0.15, 0.2) is 24.3 Å². The van der Waals surface area contributed by atoms with Crippen LogP contribution in [0.3, 0.4) is 0 Å². The van der Waals surface area contributed by atoms with Gasteiger partial charge in [-0.1, -0.05) is 6.07 Å². The van der Waals surface area contributed by atoms with Crippen molar-refractivity contribution < 1.29 is 18.0 Å². The second-order valence-corrected chi connectivity index (χ2v) is 5.34. The van der Waals surface area contributed by atoms with Gasteiger partial charge in [-0.05, 0) is 51.1 Å². The van der Waals surface area contributed by atoms with Gasteiger partial charge >= 0.3 is 6.18 Å². The fourth-order valence-corrected chi connectivity index (χ4v) is 2.29. The minimum atomic E-state index is -4.44. The van der Waals surface area contributed by atoms with Crippen molar-refractivity contribution in [1.29, 1.82) is 0 Å². The molecular weight excluding hydrogens is 305 g/mol. The monoisotopic (exact) mass is 322 g/mol. The largest absolute Gasteiger partial charge is 0.416 e. The number of amides is 1. The fraction of sp³-hybridized carbons (Fsp3) is 0.500. The van der Waals surface area contributed by atoms with Gasteiger partial charge in [0.2, 0.25) is 0 Å². The zero-order valence-corrected chi connectivity index (χ0v) is 12.4. The van der Waals surface area contributed by atoms with E-state index >= 15 is 0 Å². The van der Waals surface area contributed by atoms with Crippen LogP contribution in [0.1, 0.15) is 35.7 Å². The van der Waals surface area contributed by atoms with E-state index in [9.17, 15) is 18.0 Å². The lowest BCUT2D eigenvalue weighted by Crippen LogP contribution is -2.52. The first-order valence-electron chi connectivity index (χ1n) is 6.51. The van der Waals surface area contributed by atoms with E-state index in [-0.39, 0.29) is 23.5 Å². The molecule has 0 bridgehead atoms. The maximum absolute atomic E-state index is 12.6. The van der Waals surface area contributed by atoms with E-state index in [4.69, 9.17) is 0 Å². The summed E-state index contributed by atoms with van der Waals surface area (Å²) >= 11 is 0. The molecule has 118 valence electrons. The maximum atomic E-state index is 12.6. The Bertz CT molecular complexity index is 499. The van der Waals surface area contributed by atoms with Gasteiger partial charge in [-0.15, -0.1) is 12.4 Å². The van der Waals surface area contributed by atoms with Crippen LogP contribution in [0.5, 0.6) is 0 Å². The topological polar surface area (TPSA) is 41.1 Å². The molecule has 3 nitrogen and oxygen atoms in total. The summed E-state index contributed by atoms with van der Waals surface area (Å²) in [6, 6.07) is 4.50. The zero-order valence-electron chi connectivity index (χ0n) is 11.6. The van der Waals surface area contributed by atoms with Crippen LogP contribution in [0.2, 0.25) is 0 Å². The van der Waals surface area contributed by atoms with Gasteiger partial charge in [0.25, 0.3) is 5.91 Å². The molecule has 1 heterocycles. The Balaban J connectivity index is 0.00000220. The Morgan fingerprint density at radius 3 is 2.48 bits per heavy atom. The summed E-state index contributed by atoms with van der Waals surface area (Å²) in [5.74, 6) is -0.458. The summed E-state index contributed by atoms with van der Waals surface area (Å²) in [6.07, 6.45) is -2.91. The Kier molecular flexibility index (Phi) is 5.64. The van der Waals surface area contributed by atoms with Crippen molar-refractivity contribution in [3.05, 3.63) is 35.4 Å². The summed E-state index contributed by atoms with van der Waals surface area (Å²) in [7, 11) is 0. The van der Waals surface area contributed by atoms with E-state index in [1.165, 1.54) is 12.1 Å². The number of alkyl halides is 3. The van der Waals surface area contributed by atoms with E-state index in [2.05, 4.69) is 10.6 Å². The summed E-state index contributed by atoms with van der Waals surface area (Å²) in [4.78, 5) is 12.1. The van der Waals surface area contributed by atoms with Crippen molar-refractivity contribution >= 4 is 18.3 Å². The molecule has 0 aliphatic carbocycles. The smallest absolute Gasteiger partial charge is 0.347 e. The summed E-state index contributed by atoms with van der Waals surface area (Å²) < 4.78 is 37.9. The molecule has 1 amide bonds. The minimum absolute atomic E-state index is 0. The van der Waals surface area contributed by atoms with Crippen molar-refractivity contribution in [3.8, 4) is 0 Å². The van der Waals surface area contributed by atoms with Crippen LogP contribution in [-0.2, 0) is 6.18 Å². The molecule has 1 saturated heterocycles. The molecule has 1 aromatic rings. The number of rotatable bonds is 2. The van der Waals surface area contributed by atoms with Crippen molar-refractivity contribution in [2.45, 2.75) is 31.5 Å². The average Bonchev–Trinajstić information content (AvgIpc) is 2.38. The second kappa shape index (κ2) is 6.66. The predicted molar refractivity (Wildman–Crippen MR) is 76.7 cm³/mol. The Morgan fingerprint density at radius 2 is 1.90 bits per heavy atom. The van der Waals surface area contributed by atoms with E-state index in [1.54, 1.807) is 0 Å². The first kappa shape index (κ1) is 17.8. The lowest BCUT2D eigenvalue weighted by atomic mass is 9.90. The molecule has 7 heteroatoms. The fourth-order valence-electron chi connectivity index (χ4n) is 2.29. The molecule has 0 radical (unpaired) electrons. The van der Waals surface area contributed by atoms with Gasteiger partial charge in [-0.25, -0.2) is 0 Å². The molecule has 1 aromatic carbocycles. The van der Waals surface area contributed by atoms with Crippen LogP contribution in [-0.4, -0.2) is 24.5 Å². The highest BCUT2D eigenvalue weighted by Crippen LogP contribution is 2.29. The van der Waals surface area contributed by atoms with Gasteiger partial charge in [0.15, 0.2) is 0 Å². The quantitative estimate of drug-likeness (QED) is 0.879. The van der Waals surface area contributed by atoms with E-state index in [0.717, 1.165) is 38.1 Å². The molecule has 21 heavy (non-hydrogen) atoms. The van der Waals surface area contributed by atoms with Gasteiger partial charge in [0, 0.05) is 11.1 Å². The molecule has 0 saturated carbocycles. The number of nitrogens with one attached hydrogen (secondary N) is 2. The van der Waals surface area contributed by atoms with Gasteiger partial charge in [0.05, 0.1) is 5.56 Å². The van der Waals surface area contributed by atoms with Crippen LogP contribution in [0.4, 0.5) is 13.2 Å². The lowest BCUT2D eigenvalue weighted by molar-refractivity contribution is -0.137. The first-order valence-corrected chi connectivity index (χ1v) is 6.51. The molecule has 0 spiro atoms. The molecule has 2 N–H and O–H groups in total. The Morgan fingerprint density at radius 1 is 1.29 bits per heavy atom. The Hall–Kier alpha value is -1.27. The minimum Gasteiger partial charge on any atom is -0.347 e. The number of hydrogen-bond acceptors (Lipinski definition) is 2. The standard InChI is InChI=1S/C14H17F3N2O.ClH/c1-13(5-7-18-8-6-13)19-12(20)10-3-2-4-11(9-10)14(15,16)17;/h2-4,9,18H,5-8H2,1H3,(H,19,20);1H. The summed E-state index contributed by atoms with van der Waals surface area (Å²) in [5.41, 5.74) is -1.13.